The smallest absolute Gasteiger partial charge is 0.128 e. The Labute approximate surface area is 527 Å². The van der Waals surface area contributed by atoms with Crippen molar-refractivity contribution in [3.05, 3.63) is 193 Å². The van der Waals surface area contributed by atoms with Crippen LogP contribution in [0, 0.1) is 49.8 Å². The number of aromatic nitrogens is 12. The molecule has 10 aromatic rings. The maximum absolute atomic E-state index is 4.73. The van der Waals surface area contributed by atoms with Gasteiger partial charge in [-0.15, -0.1) is 51.7 Å². The number of nitrogens with zero attached hydrogens (tertiary/aromatic N) is 12. The van der Waals surface area contributed by atoms with Crippen molar-refractivity contribution in [2.75, 3.05) is 0 Å². The molecule has 0 bridgehead atoms. The van der Waals surface area contributed by atoms with Gasteiger partial charge in [0, 0.05) is 97.5 Å². The van der Waals surface area contributed by atoms with Crippen molar-refractivity contribution in [1.29, 1.82) is 0 Å². The van der Waals surface area contributed by atoms with Crippen molar-refractivity contribution < 1.29 is 60.3 Å². The fourth-order valence-corrected chi connectivity index (χ4v) is 9.57. The zero-order chi connectivity index (χ0) is 56.1. The summed E-state index contributed by atoms with van der Waals surface area (Å²) in [5, 5.41) is 26.9. The predicted molar refractivity (Wildman–Crippen MR) is 319 cm³/mol. The first-order valence-electron chi connectivity index (χ1n) is 27.8. The molecule has 0 spiro atoms. The van der Waals surface area contributed by atoms with E-state index in [9.17, 15) is 0 Å². The van der Waals surface area contributed by atoms with Crippen LogP contribution in [0.15, 0.2) is 146 Å². The first kappa shape index (κ1) is 66.5. The molecule has 0 aliphatic carbocycles. The standard InChI is InChI=1S/2C24H23N4.C19H29N4.3Ir/c1-17(2)16-23-26-27-24(20-13-9-15-25-18(20)3)28(23)22-14-8-7-12-21(22)19-10-5-4-6-11-19;1-17(2)16-28-18(3)26-27-24(28)22-14-9-15-25-23(22)21-13-8-7-12-20(21)19-10-5-4-6-11-19;1-7-8-11-16-21-22-18(23(16)13-14(2)3)15-10-9-12-20-17(15)19(4,5)6;;;/h4-12,14-15,17H,16H2,1-3H3;4-13,15,17H,16H2,1-3H3;9,12,14H,7-8,11,13H2,1-6H3;;;/q3*-1;;;. The Balaban J connectivity index is 0.000000223. The van der Waals surface area contributed by atoms with Gasteiger partial charge in [-0.05, 0) is 81.9 Å². The van der Waals surface area contributed by atoms with Crippen molar-refractivity contribution in [1.82, 2.24) is 59.2 Å². The van der Waals surface area contributed by atoms with Crippen LogP contribution in [0.25, 0.3) is 73.4 Å². The molecule has 6 heterocycles. The van der Waals surface area contributed by atoms with Gasteiger partial charge in [-0.25, -0.2) is 0 Å². The second kappa shape index (κ2) is 31.4. The fraction of sp³-hybridized carbons (Fsp3) is 0.328. The summed E-state index contributed by atoms with van der Waals surface area (Å²) in [6, 6.07) is 53.1. The molecule has 0 fully saturated rings. The number of pyridine rings is 3. The third kappa shape index (κ3) is 16.5. The van der Waals surface area contributed by atoms with E-state index < -0.39 is 0 Å². The van der Waals surface area contributed by atoms with E-state index in [1.807, 2.05) is 56.4 Å². The molecule has 4 aromatic carbocycles. The second-order valence-electron chi connectivity index (χ2n) is 22.2. The van der Waals surface area contributed by atoms with Gasteiger partial charge in [0.2, 0.25) is 0 Å². The van der Waals surface area contributed by atoms with Gasteiger partial charge in [0.15, 0.2) is 0 Å². The summed E-state index contributed by atoms with van der Waals surface area (Å²) < 4.78 is 6.60. The molecule has 0 atom stereocenters. The van der Waals surface area contributed by atoms with E-state index in [0.717, 1.165) is 135 Å². The van der Waals surface area contributed by atoms with Crippen molar-refractivity contribution in [2.24, 2.45) is 17.8 Å². The molecule has 10 rings (SSSR count). The minimum atomic E-state index is -0.0503. The van der Waals surface area contributed by atoms with E-state index in [0.29, 0.717) is 17.8 Å². The molecule has 0 unspecified atom stereocenters. The Morgan fingerprint density at radius 1 is 0.488 bits per heavy atom. The number of hydrogen-bond acceptors (Lipinski definition) is 9. The van der Waals surface area contributed by atoms with Crippen molar-refractivity contribution in [3.8, 4) is 73.4 Å². The predicted octanol–water partition coefficient (Wildman–Crippen LogP) is 15.2. The molecular weight excluding hydrogens is 1550 g/mol. The van der Waals surface area contributed by atoms with Crippen LogP contribution in [0.5, 0.6) is 0 Å². The molecular formula is C67H75Ir3N12-3. The molecule has 433 valence electrons. The van der Waals surface area contributed by atoms with Crippen LogP contribution in [-0.2, 0) is 91.7 Å². The Morgan fingerprint density at radius 2 is 0.988 bits per heavy atom. The van der Waals surface area contributed by atoms with Gasteiger partial charge in [0.25, 0.3) is 0 Å². The van der Waals surface area contributed by atoms with Crippen molar-refractivity contribution in [2.45, 2.75) is 127 Å². The Hall–Kier alpha value is -6.30. The zero-order valence-electron chi connectivity index (χ0n) is 49.2. The van der Waals surface area contributed by atoms with E-state index in [1.165, 1.54) is 5.56 Å². The van der Waals surface area contributed by atoms with Crippen LogP contribution in [-0.4, -0.2) is 59.2 Å². The fourth-order valence-electron chi connectivity index (χ4n) is 9.57. The van der Waals surface area contributed by atoms with Gasteiger partial charge in [-0.1, -0.05) is 221 Å². The molecule has 12 nitrogen and oxygen atoms in total. The van der Waals surface area contributed by atoms with Crippen LogP contribution in [0.1, 0.15) is 111 Å². The number of para-hydroxylation sites is 1. The van der Waals surface area contributed by atoms with E-state index in [4.69, 9.17) is 4.98 Å². The van der Waals surface area contributed by atoms with Gasteiger partial charge in [-0.3, -0.25) is 0 Å². The van der Waals surface area contributed by atoms with Gasteiger partial charge < -0.3 is 28.7 Å². The normalized spacial score (nSPS) is 11.0. The second-order valence-corrected chi connectivity index (χ2v) is 22.2. The number of unbranched alkanes of at least 4 members (excludes halogenated alkanes) is 1. The van der Waals surface area contributed by atoms with Gasteiger partial charge in [0.1, 0.15) is 17.5 Å². The summed E-state index contributed by atoms with van der Waals surface area (Å²) in [4.78, 5) is 13.8. The minimum absolute atomic E-state index is 0. The Kier molecular flexibility index (Phi) is 25.5. The zero-order valence-corrected chi connectivity index (χ0v) is 56.4. The van der Waals surface area contributed by atoms with Gasteiger partial charge in [0.05, 0.1) is 17.5 Å². The Morgan fingerprint density at radius 3 is 1.60 bits per heavy atom. The van der Waals surface area contributed by atoms with Crippen molar-refractivity contribution >= 4 is 0 Å². The molecule has 0 saturated carbocycles. The SMILES string of the molecule is CCCCc1nnc(-c2[c-]ccnc2C(C)(C)C)n1CC(C)C.Cc1ncc[c-]c1-c1nnc(CC(C)C)n1-c1ccccc1-c1ccccc1.Cc1nnc(-c2[c-]ccnc2-c2ccccc2-c2ccccc2)n1CC(C)C.[Ir].[Ir].[Ir]. The first-order valence-corrected chi connectivity index (χ1v) is 27.8. The quantitative estimate of drug-likeness (QED) is 0.0868. The molecule has 0 amide bonds. The van der Waals surface area contributed by atoms with E-state index in [-0.39, 0.29) is 65.7 Å². The summed E-state index contributed by atoms with van der Waals surface area (Å²) in [5.41, 5.74) is 12.2. The number of aryl methyl sites for hydroxylation is 3. The van der Waals surface area contributed by atoms with E-state index in [1.54, 1.807) is 12.4 Å². The average Bonchev–Trinajstić information content (AvgIpc) is 4.35. The van der Waals surface area contributed by atoms with Crippen LogP contribution in [0.4, 0.5) is 0 Å². The largest absolute Gasteiger partial charge is 0.357 e. The number of benzene rings is 4. The minimum Gasteiger partial charge on any atom is -0.357 e. The summed E-state index contributed by atoms with van der Waals surface area (Å²) in [7, 11) is 0. The summed E-state index contributed by atoms with van der Waals surface area (Å²) in [5.74, 6) is 6.94. The molecule has 0 saturated heterocycles. The topological polar surface area (TPSA) is 131 Å². The van der Waals surface area contributed by atoms with Crippen LogP contribution in [0.2, 0.25) is 0 Å². The summed E-state index contributed by atoms with van der Waals surface area (Å²) >= 11 is 0. The maximum Gasteiger partial charge on any atom is 0.128 e. The monoisotopic (exact) mass is 1630 g/mol. The Bertz CT molecular complexity index is 3540. The average molecular weight is 1630 g/mol. The molecule has 0 aliphatic rings. The molecule has 82 heavy (non-hydrogen) atoms. The molecule has 0 aliphatic heterocycles. The number of rotatable bonds is 16. The molecule has 15 heteroatoms. The van der Waals surface area contributed by atoms with Crippen LogP contribution in [0.3, 0.4) is 0 Å². The van der Waals surface area contributed by atoms with Gasteiger partial charge >= 0.3 is 0 Å². The molecule has 0 N–H and O–H groups in total. The first-order chi connectivity index (χ1) is 38.1. The third-order valence-electron chi connectivity index (χ3n) is 13.2. The van der Waals surface area contributed by atoms with Crippen LogP contribution >= 0.6 is 0 Å². The summed E-state index contributed by atoms with van der Waals surface area (Å²) in [6.45, 7) is 27.7. The van der Waals surface area contributed by atoms with Gasteiger partial charge in [-0.2, -0.15) is 15.3 Å². The molecule has 6 aromatic heterocycles. The summed E-state index contributed by atoms with van der Waals surface area (Å²) in [6.07, 6.45) is 9.47. The van der Waals surface area contributed by atoms with E-state index in [2.05, 4.69) is 233 Å². The van der Waals surface area contributed by atoms with Crippen molar-refractivity contribution in [3.63, 3.8) is 0 Å². The van der Waals surface area contributed by atoms with Crippen LogP contribution < -0.4 is 0 Å². The third-order valence-corrected chi connectivity index (χ3v) is 13.2. The maximum atomic E-state index is 4.73. The molecule has 3 radical (unpaired) electrons. The number of hydrogen-bond donors (Lipinski definition) is 0. The van der Waals surface area contributed by atoms with E-state index >= 15 is 0 Å².